The van der Waals surface area contributed by atoms with Gasteiger partial charge in [-0.1, -0.05) is 6.07 Å². The summed E-state index contributed by atoms with van der Waals surface area (Å²) in [5, 5.41) is 3.38. The molecule has 130 valence electrons. The molecule has 24 heavy (non-hydrogen) atoms. The summed E-state index contributed by atoms with van der Waals surface area (Å²) in [5.41, 5.74) is 6.43. The van der Waals surface area contributed by atoms with E-state index in [2.05, 4.69) is 15.2 Å². The molecule has 1 saturated heterocycles. The van der Waals surface area contributed by atoms with Crippen molar-refractivity contribution in [3.63, 3.8) is 0 Å². The summed E-state index contributed by atoms with van der Waals surface area (Å²) in [6, 6.07) is 5.92. The van der Waals surface area contributed by atoms with E-state index in [0.717, 1.165) is 49.0 Å². The topological polar surface area (TPSA) is 89.2 Å². The second-order valence-electron chi connectivity index (χ2n) is 6.21. The molecule has 1 aromatic carbocycles. The van der Waals surface area contributed by atoms with Crippen LogP contribution in [0.1, 0.15) is 24.8 Å². The van der Waals surface area contributed by atoms with E-state index >= 15 is 0 Å². The van der Waals surface area contributed by atoms with Crippen LogP contribution >= 0.6 is 0 Å². The monoisotopic (exact) mass is 332 g/mol. The first-order valence-corrected chi connectivity index (χ1v) is 8.28. The maximum atomic E-state index is 11.2. The van der Waals surface area contributed by atoms with Gasteiger partial charge in [-0.05, 0) is 36.5 Å². The Kier molecular flexibility index (Phi) is 5.08. The predicted molar refractivity (Wildman–Crippen MR) is 90.9 cm³/mol. The molecule has 0 radical (unpaired) electrons. The highest BCUT2D eigenvalue weighted by Gasteiger charge is 2.23. The molecule has 0 bridgehead atoms. The van der Waals surface area contributed by atoms with E-state index in [9.17, 15) is 4.79 Å². The summed E-state index contributed by atoms with van der Waals surface area (Å²) in [6.07, 6.45) is 2.52. The third kappa shape index (κ3) is 3.90. The number of rotatable bonds is 4. The molecule has 1 aromatic rings. The van der Waals surface area contributed by atoms with Crippen molar-refractivity contribution >= 4 is 11.9 Å². The Balaban J connectivity index is 1.57. The normalized spacial score (nSPS) is 20.1. The number of hydrogen-bond acceptors (Lipinski definition) is 4. The van der Waals surface area contributed by atoms with Gasteiger partial charge in [-0.15, -0.1) is 0 Å². The van der Waals surface area contributed by atoms with Crippen molar-refractivity contribution in [2.24, 2.45) is 16.6 Å². The van der Waals surface area contributed by atoms with Crippen molar-refractivity contribution < 1.29 is 14.3 Å². The number of ether oxygens (including phenoxy) is 2. The fraction of sp³-hybridized carbons (Fsp3) is 0.529. The lowest BCUT2D eigenvalue weighted by atomic mass is 9.95. The van der Waals surface area contributed by atoms with Gasteiger partial charge in [0.05, 0.1) is 0 Å². The van der Waals surface area contributed by atoms with Gasteiger partial charge >= 0.3 is 0 Å². The van der Waals surface area contributed by atoms with E-state index < -0.39 is 0 Å². The largest absolute Gasteiger partial charge is 0.454 e. The molecule has 3 rings (SSSR count). The Bertz CT molecular complexity index is 632. The number of fused-ring (bicyclic) bond motifs is 1. The number of nitrogens with one attached hydrogen (secondary N) is 1. The lowest BCUT2D eigenvalue weighted by Gasteiger charge is -2.34. The Morgan fingerprint density at radius 1 is 1.42 bits per heavy atom. The average Bonchev–Trinajstić information content (AvgIpc) is 3.03. The van der Waals surface area contributed by atoms with E-state index in [0.29, 0.717) is 18.9 Å². The number of amides is 1. The van der Waals surface area contributed by atoms with Crippen LogP contribution in [0.25, 0.3) is 0 Å². The average molecular weight is 332 g/mol. The highest BCUT2D eigenvalue weighted by molar-refractivity contribution is 5.80. The van der Waals surface area contributed by atoms with Crippen molar-refractivity contribution in [2.45, 2.75) is 25.8 Å². The number of benzene rings is 1. The van der Waals surface area contributed by atoms with E-state index in [-0.39, 0.29) is 12.7 Å². The molecule has 1 fully saturated rings. The smallest absolute Gasteiger partial charge is 0.231 e. The number of nitrogens with two attached hydrogens (primary N) is 1. The minimum atomic E-state index is -0.231. The van der Waals surface area contributed by atoms with Gasteiger partial charge < -0.3 is 25.4 Å². The fourth-order valence-electron chi connectivity index (χ4n) is 3.27. The molecular formula is C17H24N4O3. The van der Waals surface area contributed by atoms with E-state index in [4.69, 9.17) is 15.2 Å². The quantitative estimate of drug-likeness (QED) is 0.636. The third-order valence-corrected chi connectivity index (χ3v) is 4.41. The molecule has 0 spiro atoms. The van der Waals surface area contributed by atoms with Crippen molar-refractivity contribution in [3.05, 3.63) is 23.8 Å². The molecule has 0 saturated carbocycles. The van der Waals surface area contributed by atoms with Crippen LogP contribution in [0.2, 0.25) is 0 Å². The van der Waals surface area contributed by atoms with Gasteiger partial charge in [-0.25, -0.2) is 0 Å². The molecule has 2 aliphatic heterocycles. The lowest BCUT2D eigenvalue weighted by molar-refractivity contribution is -0.119. The number of likely N-dealkylation sites (tertiary alicyclic amines) is 1. The molecule has 7 heteroatoms. The number of guanidine groups is 1. The van der Waals surface area contributed by atoms with E-state index in [1.54, 1.807) is 7.05 Å². The molecule has 2 heterocycles. The van der Waals surface area contributed by atoms with Crippen LogP contribution in [-0.4, -0.2) is 43.7 Å². The van der Waals surface area contributed by atoms with Gasteiger partial charge in [-0.2, -0.15) is 0 Å². The Hall–Kier alpha value is -2.44. The van der Waals surface area contributed by atoms with Crippen LogP contribution in [0, 0.1) is 5.92 Å². The van der Waals surface area contributed by atoms with Gasteiger partial charge in [0, 0.05) is 33.1 Å². The number of primary amides is 1. The standard InChI is InChI=1S/C17H24N4O3/c1-19-17(21-6-2-3-13(10-21)8-16(18)22)20-9-12-4-5-14-15(7-12)24-11-23-14/h4-5,7,13H,2-3,6,8-11H2,1H3,(H2,18,22)(H,19,20). The van der Waals surface area contributed by atoms with Crippen molar-refractivity contribution in [1.82, 2.24) is 10.2 Å². The van der Waals surface area contributed by atoms with Crippen molar-refractivity contribution in [2.75, 3.05) is 26.9 Å². The summed E-state index contributed by atoms with van der Waals surface area (Å²) < 4.78 is 10.7. The first kappa shape index (κ1) is 16.4. The fourth-order valence-corrected chi connectivity index (χ4v) is 3.27. The summed E-state index contributed by atoms with van der Waals surface area (Å²) in [4.78, 5) is 17.7. The number of hydrogen-bond donors (Lipinski definition) is 2. The second-order valence-corrected chi connectivity index (χ2v) is 6.21. The van der Waals surface area contributed by atoms with Gasteiger partial charge in [0.15, 0.2) is 17.5 Å². The maximum absolute atomic E-state index is 11.2. The van der Waals surface area contributed by atoms with Crippen molar-refractivity contribution in [3.8, 4) is 11.5 Å². The maximum Gasteiger partial charge on any atom is 0.231 e. The summed E-state index contributed by atoms with van der Waals surface area (Å²) in [5.74, 6) is 2.49. The van der Waals surface area contributed by atoms with Crippen LogP contribution in [-0.2, 0) is 11.3 Å². The highest BCUT2D eigenvalue weighted by atomic mass is 16.7. The molecule has 1 atom stereocenters. The highest BCUT2D eigenvalue weighted by Crippen LogP contribution is 2.32. The predicted octanol–water partition coefficient (Wildman–Crippen LogP) is 1.08. The molecular weight excluding hydrogens is 308 g/mol. The Labute approximate surface area is 141 Å². The van der Waals surface area contributed by atoms with Crippen LogP contribution in [0.15, 0.2) is 23.2 Å². The third-order valence-electron chi connectivity index (χ3n) is 4.41. The molecule has 7 nitrogen and oxygen atoms in total. The minimum Gasteiger partial charge on any atom is -0.454 e. The zero-order valence-electron chi connectivity index (χ0n) is 14.0. The van der Waals surface area contributed by atoms with Gasteiger partial charge in [-0.3, -0.25) is 9.79 Å². The minimum absolute atomic E-state index is 0.231. The van der Waals surface area contributed by atoms with Crippen LogP contribution in [0.3, 0.4) is 0 Å². The SMILES string of the molecule is CN=C(NCc1ccc2c(c1)OCO2)N1CCCC(CC(N)=O)C1. The van der Waals surface area contributed by atoms with E-state index in [1.807, 2.05) is 18.2 Å². The summed E-state index contributed by atoms with van der Waals surface area (Å²) in [7, 11) is 1.78. The lowest BCUT2D eigenvalue weighted by Crippen LogP contribution is -2.46. The second kappa shape index (κ2) is 7.42. The Morgan fingerprint density at radius 2 is 2.25 bits per heavy atom. The van der Waals surface area contributed by atoms with Crippen LogP contribution < -0.4 is 20.5 Å². The van der Waals surface area contributed by atoms with Gasteiger partial charge in [0.25, 0.3) is 0 Å². The molecule has 3 N–H and O–H groups in total. The van der Waals surface area contributed by atoms with Crippen molar-refractivity contribution in [1.29, 1.82) is 0 Å². The van der Waals surface area contributed by atoms with Crippen LogP contribution in [0.4, 0.5) is 0 Å². The molecule has 0 aromatic heterocycles. The van der Waals surface area contributed by atoms with Gasteiger partial charge in [0.1, 0.15) is 0 Å². The number of carbonyl (C=O) groups excluding carboxylic acids is 1. The summed E-state index contributed by atoms with van der Waals surface area (Å²) >= 11 is 0. The number of nitrogens with zero attached hydrogens (tertiary/aromatic N) is 2. The Morgan fingerprint density at radius 3 is 3.04 bits per heavy atom. The van der Waals surface area contributed by atoms with Crippen LogP contribution in [0.5, 0.6) is 11.5 Å². The first-order valence-electron chi connectivity index (χ1n) is 8.28. The molecule has 2 aliphatic rings. The number of carbonyl (C=O) groups is 1. The summed E-state index contributed by atoms with van der Waals surface area (Å²) in [6.45, 7) is 2.68. The number of aliphatic imine (C=N–C) groups is 1. The van der Waals surface area contributed by atoms with E-state index in [1.165, 1.54) is 0 Å². The molecule has 1 unspecified atom stereocenters. The van der Waals surface area contributed by atoms with Gasteiger partial charge in [0.2, 0.25) is 12.7 Å². The molecule has 0 aliphatic carbocycles. The zero-order chi connectivity index (χ0) is 16.9. The molecule has 1 amide bonds. The zero-order valence-corrected chi connectivity index (χ0v) is 14.0. The number of piperidine rings is 1. The first-order chi connectivity index (χ1) is 11.7.